The van der Waals surface area contributed by atoms with Crippen molar-refractivity contribution in [2.75, 3.05) is 0 Å². The fraction of sp³-hybridized carbons (Fsp3) is 0.524. The maximum absolute atomic E-state index is 13.9. The summed E-state index contributed by atoms with van der Waals surface area (Å²) in [7, 11) is 0. The summed E-state index contributed by atoms with van der Waals surface area (Å²) in [6, 6.07) is 0. The standard InChI is InChI=1S/C21H24F4O4/c1-9(2)29-19(26)10(3)7-13-14(21(13,5)6)20(27)28-8-12-17(24)15(22)11(4)16(23)18(12)25/h7,9,13-14H,8H2,1-6H3/b10-7+/t13-,14+/m1/s1. The summed E-state index contributed by atoms with van der Waals surface area (Å²) in [5.41, 5.74) is -2.00. The molecule has 0 bridgehead atoms. The normalized spacial score (nSPS) is 20.6. The van der Waals surface area contributed by atoms with Gasteiger partial charge in [0.05, 0.1) is 17.6 Å². The summed E-state index contributed by atoms with van der Waals surface area (Å²) in [6.45, 7) is 8.49. The van der Waals surface area contributed by atoms with Crippen LogP contribution in [0, 0.1) is 47.4 Å². The minimum Gasteiger partial charge on any atom is -0.460 e. The van der Waals surface area contributed by atoms with Crippen LogP contribution in [0.4, 0.5) is 17.6 Å². The Labute approximate surface area is 166 Å². The molecule has 2 rings (SSSR count). The van der Waals surface area contributed by atoms with Gasteiger partial charge in [0.15, 0.2) is 23.3 Å². The molecular formula is C21H24F4O4. The molecule has 4 nitrogen and oxygen atoms in total. The van der Waals surface area contributed by atoms with Gasteiger partial charge in [-0.2, -0.15) is 0 Å². The highest BCUT2D eigenvalue weighted by atomic mass is 19.2. The van der Waals surface area contributed by atoms with E-state index in [-0.39, 0.29) is 12.0 Å². The third kappa shape index (κ3) is 4.46. The van der Waals surface area contributed by atoms with Crippen molar-refractivity contribution < 1.29 is 36.6 Å². The van der Waals surface area contributed by atoms with Crippen molar-refractivity contribution in [2.45, 2.75) is 54.3 Å². The first-order valence-corrected chi connectivity index (χ1v) is 9.18. The summed E-state index contributed by atoms with van der Waals surface area (Å²) in [5.74, 6) is -8.54. The van der Waals surface area contributed by atoms with E-state index in [2.05, 4.69) is 0 Å². The van der Waals surface area contributed by atoms with E-state index in [0.29, 0.717) is 5.57 Å². The average molecular weight is 416 g/mol. The van der Waals surface area contributed by atoms with Gasteiger partial charge in [0.2, 0.25) is 0 Å². The first-order chi connectivity index (χ1) is 13.3. The van der Waals surface area contributed by atoms with Gasteiger partial charge < -0.3 is 9.47 Å². The van der Waals surface area contributed by atoms with Crippen LogP contribution in [0.1, 0.15) is 45.7 Å². The van der Waals surface area contributed by atoms with Gasteiger partial charge in [-0.05, 0) is 39.0 Å². The molecule has 1 aromatic carbocycles. The highest BCUT2D eigenvalue weighted by molar-refractivity contribution is 5.88. The molecule has 1 aromatic rings. The number of hydrogen-bond acceptors (Lipinski definition) is 4. The number of halogens is 4. The van der Waals surface area contributed by atoms with Crippen molar-refractivity contribution in [1.82, 2.24) is 0 Å². The van der Waals surface area contributed by atoms with E-state index in [4.69, 9.17) is 9.47 Å². The minimum absolute atomic E-state index is 0.293. The Morgan fingerprint density at radius 1 is 1.07 bits per heavy atom. The van der Waals surface area contributed by atoms with E-state index in [1.54, 1.807) is 40.7 Å². The zero-order chi connectivity index (χ0) is 22.3. The first-order valence-electron chi connectivity index (χ1n) is 9.18. The van der Waals surface area contributed by atoms with Crippen LogP contribution in [0.5, 0.6) is 0 Å². The molecule has 1 aliphatic carbocycles. The largest absolute Gasteiger partial charge is 0.460 e. The molecule has 0 aliphatic heterocycles. The fourth-order valence-electron chi connectivity index (χ4n) is 3.23. The Bertz CT molecular complexity index is 845. The lowest BCUT2D eigenvalue weighted by molar-refractivity contribution is -0.148. The zero-order valence-corrected chi connectivity index (χ0v) is 17.2. The lowest BCUT2D eigenvalue weighted by atomic mass is 10.1. The molecule has 0 radical (unpaired) electrons. The van der Waals surface area contributed by atoms with E-state index >= 15 is 0 Å². The lowest BCUT2D eigenvalue weighted by Crippen LogP contribution is -2.14. The van der Waals surface area contributed by atoms with Gasteiger partial charge >= 0.3 is 11.9 Å². The van der Waals surface area contributed by atoms with Crippen LogP contribution < -0.4 is 0 Å². The number of carbonyl (C=O) groups excluding carboxylic acids is 2. The number of allylic oxidation sites excluding steroid dienone is 1. The van der Waals surface area contributed by atoms with E-state index in [0.717, 1.165) is 6.92 Å². The summed E-state index contributed by atoms with van der Waals surface area (Å²) >= 11 is 0. The van der Waals surface area contributed by atoms with Gasteiger partial charge in [0.1, 0.15) is 6.61 Å². The predicted octanol–water partition coefficient (Wildman–Crippen LogP) is 4.76. The van der Waals surface area contributed by atoms with Crippen LogP contribution in [0.15, 0.2) is 11.6 Å². The number of ether oxygens (including phenoxy) is 2. The number of esters is 2. The van der Waals surface area contributed by atoms with Crippen molar-refractivity contribution >= 4 is 11.9 Å². The second kappa shape index (κ2) is 8.16. The zero-order valence-electron chi connectivity index (χ0n) is 17.2. The fourth-order valence-corrected chi connectivity index (χ4v) is 3.23. The molecule has 0 aromatic heterocycles. The summed E-state index contributed by atoms with van der Waals surface area (Å²) in [5, 5.41) is 0. The molecule has 0 amide bonds. The van der Waals surface area contributed by atoms with Crippen molar-refractivity contribution in [1.29, 1.82) is 0 Å². The Morgan fingerprint density at radius 3 is 2.07 bits per heavy atom. The molecule has 1 saturated carbocycles. The van der Waals surface area contributed by atoms with Crippen LogP contribution in [0.2, 0.25) is 0 Å². The lowest BCUT2D eigenvalue weighted by Gasteiger charge is -2.11. The Morgan fingerprint density at radius 2 is 1.59 bits per heavy atom. The number of benzene rings is 1. The van der Waals surface area contributed by atoms with E-state index in [1.165, 1.54) is 0 Å². The Hall–Kier alpha value is -2.38. The Kier molecular flexibility index (Phi) is 6.45. The SMILES string of the molecule is C/C(=C\[C@@H]1[C@@H](C(=O)OCc2c(F)c(F)c(C)c(F)c2F)C1(C)C)C(=O)OC(C)C. The van der Waals surface area contributed by atoms with Crippen molar-refractivity contribution in [3.8, 4) is 0 Å². The van der Waals surface area contributed by atoms with Crippen LogP contribution >= 0.6 is 0 Å². The molecule has 29 heavy (non-hydrogen) atoms. The van der Waals surface area contributed by atoms with Gasteiger partial charge in [-0.3, -0.25) is 4.79 Å². The third-order valence-corrected chi connectivity index (χ3v) is 5.19. The number of carbonyl (C=O) groups is 2. The molecule has 0 unspecified atom stereocenters. The molecule has 1 fully saturated rings. The highest BCUT2D eigenvalue weighted by Crippen LogP contribution is 2.60. The monoisotopic (exact) mass is 416 g/mol. The number of rotatable bonds is 6. The Balaban J connectivity index is 2.12. The van der Waals surface area contributed by atoms with Gasteiger partial charge in [-0.25, -0.2) is 22.4 Å². The van der Waals surface area contributed by atoms with E-state index in [9.17, 15) is 27.2 Å². The summed E-state index contributed by atoms with van der Waals surface area (Å²) in [6.07, 6.45) is 1.31. The van der Waals surface area contributed by atoms with Crippen LogP contribution in [0.3, 0.4) is 0 Å². The van der Waals surface area contributed by atoms with Gasteiger partial charge in [0.25, 0.3) is 0 Å². The average Bonchev–Trinajstić information content (AvgIpc) is 3.17. The quantitative estimate of drug-likeness (QED) is 0.290. The van der Waals surface area contributed by atoms with Crippen molar-refractivity contribution in [3.05, 3.63) is 46.0 Å². The van der Waals surface area contributed by atoms with Crippen molar-refractivity contribution in [3.63, 3.8) is 0 Å². The minimum atomic E-state index is -1.59. The van der Waals surface area contributed by atoms with E-state index in [1.807, 2.05) is 0 Å². The van der Waals surface area contributed by atoms with Crippen LogP contribution in [-0.4, -0.2) is 18.0 Å². The van der Waals surface area contributed by atoms with Gasteiger partial charge in [0, 0.05) is 11.1 Å². The summed E-state index contributed by atoms with van der Waals surface area (Å²) < 4.78 is 65.2. The molecule has 8 heteroatoms. The van der Waals surface area contributed by atoms with Gasteiger partial charge in [-0.1, -0.05) is 19.9 Å². The third-order valence-electron chi connectivity index (χ3n) is 5.19. The molecule has 0 heterocycles. The second-order valence-electron chi connectivity index (χ2n) is 8.10. The molecule has 1 aliphatic rings. The van der Waals surface area contributed by atoms with Crippen LogP contribution in [-0.2, 0) is 25.7 Å². The second-order valence-corrected chi connectivity index (χ2v) is 8.10. The van der Waals surface area contributed by atoms with Gasteiger partial charge in [-0.15, -0.1) is 0 Å². The first kappa shape index (κ1) is 22.9. The van der Waals surface area contributed by atoms with Crippen molar-refractivity contribution in [2.24, 2.45) is 17.3 Å². The summed E-state index contributed by atoms with van der Waals surface area (Å²) in [4.78, 5) is 24.3. The topological polar surface area (TPSA) is 52.6 Å². The van der Waals surface area contributed by atoms with Crippen LogP contribution in [0.25, 0.3) is 0 Å². The smallest absolute Gasteiger partial charge is 0.333 e. The molecule has 0 N–H and O–H groups in total. The maximum Gasteiger partial charge on any atom is 0.333 e. The number of hydrogen-bond donors (Lipinski definition) is 0. The molecule has 160 valence electrons. The molecule has 0 spiro atoms. The highest BCUT2D eigenvalue weighted by Gasteiger charge is 2.61. The predicted molar refractivity (Wildman–Crippen MR) is 96.6 cm³/mol. The molecular weight excluding hydrogens is 392 g/mol. The van der Waals surface area contributed by atoms with E-state index < -0.39 is 64.3 Å². The molecule has 0 saturated heterocycles. The maximum atomic E-state index is 13.9. The molecule has 2 atom stereocenters.